The summed E-state index contributed by atoms with van der Waals surface area (Å²) in [4.78, 5) is 12.4. The van der Waals surface area contributed by atoms with Crippen molar-refractivity contribution in [2.45, 2.75) is 27.4 Å². The van der Waals surface area contributed by atoms with Gasteiger partial charge < -0.3 is 19.6 Å². The van der Waals surface area contributed by atoms with Crippen LogP contribution in [0, 0.1) is 20.8 Å². The number of rotatable bonds is 6. The van der Waals surface area contributed by atoms with Gasteiger partial charge in [-0.15, -0.1) is 0 Å². The van der Waals surface area contributed by atoms with E-state index in [0.717, 1.165) is 22.3 Å². The highest BCUT2D eigenvalue weighted by molar-refractivity contribution is 6.32. The van der Waals surface area contributed by atoms with E-state index in [1.807, 2.05) is 45.0 Å². The van der Waals surface area contributed by atoms with Gasteiger partial charge in [0.25, 0.3) is 5.91 Å². The molecule has 0 radical (unpaired) electrons. The molecule has 0 aliphatic rings. The number of amides is 1. The molecular formula is C22H22ClNO4. The lowest BCUT2D eigenvalue weighted by molar-refractivity contribution is -0.118. The molecule has 146 valence electrons. The number of hydrogen-bond acceptors (Lipinski definition) is 4. The Hall–Kier alpha value is -2.76. The highest BCUT2D eigenvalue weighted by atomic mass is 35.5. The Morgan fingerprint density at radius 1 is 1.11 bits per heavy atom. The molecule has 1 amide bonds. The zero-order valence-electron chi connectivity index (χ0n) is 16.0. The summed E-state index contributed by atoms with van der Waals surface area (Å²) in [6, 6.07) is 12.9. The number of halogens is 1. The lowest BCUT2D eigenvalue weighted by atomic mass is 10.1. The second-order valence-electron chi connectivity index (χ2n) is 6.68. The fraction of sp³-hybridized carbons (Fsp3) is 0.227. The van der Waals surface area contributed by atoms with E-state index in [2.05, 4.69) is 5.32 Å². The maximum atomic E-state index is 12.4. The fourth-order valence-corrected chi connectivity index (χ4v) is 3.31. The molecule has 3 rings (SSSR count). The zero-order chi connectivity index (χ0) is 20.3. The molecule has 0 atom stereocenters. The second-order valence-corrected chi connectivity index (χ2v) is 7.09. The Bertz CT molecular complexity index is 987. The van der Waals surface area contributed by atoms with Gasteiger partial charge in [0, 0.05) is 11.3 Å². The minimum absolute atomic E-state index is 0.150. The van der Waals surface area contributed by atoms with Gasteiger partial charge in [0.05, 0.1) is 5.02 Å². The maximum Gasteiger partial charge on any atom is 0.262 e. The van der Waals surface area contributed by atoms with E-state index in [-0.39, 0.29) is 19.1 Å². The molecule has 3 aromatic rings. The first-order chi connectivity index (χ1) is 13.4. The van der Waals surface area contributed by atoms with E-state index in [4.69, 9.17) is 25.9 Å². The molecule has 28 heavy (non-hydrogen) atoms. The molecule has 2 aromatic carbocycles. The molecule has 5 nitrogen and oxygen atoms in total. The number of benzene rings is 2. The van der Waals surface area contributed by atoms with Gasteiger partial charge >= 0.3 is 0 Å². The molecule has 0 saturated heterocycles. The van der Waals surface area contributed by atoms with Gasteiger partial charge in [-0.3, -0.25) is 4.79 Å². The Balaban J connectivity index is 1.71. The van der Waals surface area contributed by atoms with E-state index in [1.54, 1.807) is 18.2 Å². The van der Waals surface area contributed by atoms with Crippen LogP contribution in [0.15, 0.2) is 46.9 Å². The monoisotopic (exact) mass is 399 g/mol. The van der Waals surface area contributed by atoms with Crippen molar-refractivity contribution in [3.63, 3.8) is 0 Å². The quantitative estimate of drug-likeness (QED) is 0.609. The number of ether oxygens (including phenoxy) is 1. The third-order valence-corrected chi connectivity index (χ3v) is 4.62. The van der Waals surface area contributed by atoms with Crippen molar-refractivity contribution in [3.8, 4) is 17.1 Å². The highest BCUT2D eigenvalue weighted by Crippen LogP contribution is 2.30. The SMILES string of the molecule is Cc1cc(C)c(OCC(=O)Nc2cc(-c3ccc(CO)o3)ccc2C)c(Cl)c1. The van der Waals surface area contributed by atoms with Gasteiger partial charge in [0.2, 0.25) is 0 Å². The van der Waals surface area contributed by atoms with Crippen molar-refractivity contribution in [1.29, 1.82) is 0 Å². The first kappa shape index (κ1) is 20.0. The second kappa shape index (κ2) is 8.50. The van der Waals surface area contributed by atoms with Crippen LogP contribution in [0.25, 0.3) is 11.3 Å². The number of anilines is 1. The number of furan rings is 1. The molecule has 2 N–H and O–H groups in total. The van der Waals surface area contributed by atoms with Crippen molar-refractivity contribution in [1.82, 2.24) is 0 Å². The number of carbonyl (C=O) groups excluding carboxylic acids is 1. The van der Waals surface area contributed by atoms with Crippen LogP contribution < -0.4 is 10.1 Å². The lowest BCUT2D eigenvalue weighted by Gasteiger charge is -2.13. The minimum atomic E-state index is -0.285. The van der Waals surface area contributed by atoms with E-state index in [1.165, 1.54) is 0 Å². The van der Waals surface area contributed by atoms with Gasteiger partial charge in [-0.1, -0.05) is 29.8 Å². The standard InChI is InChI=1S/C22H22ClNO4/c1-13-8-15(3)22(18(23)9-13)27-12-21(26)24-19-10-16(5-4-14(19)2)20-7-6-17(11-25)28-20/h4-10,25H,11-12H2,1-3H3,(H,24,26). The van der Waals surface area contributed by atoms with Crippen molar-refractivity contribution < 1.29 is 19.1 Å². The average molecular weight is 400 g/mol. The number of carbonyl (C=O) groups is 1. The molecule has 1 heterocycles. The molecule has 0 spiro atoms. The average Bonchev–Trinajstić information content (AvgIpc) is 3.12. The number of nitrogens with one attached hydrogen (secondary N) is 1. The summed E-state index contributed by atoms with van der Waals surface area (Å²) in [6.07, 6.45) is 0. The largest absolute Gasteiger partial charge is 0.482 e. The smallest absolute Gasteiger partial charge is 0.262 e. The van der Waals surface area contributed by atoms with Crippen LogP contribution in [0.2, 0.25) is 5.02 Å². The van der Waals surface area contributed by atoms with Crippen LogP contribution in [0.3, 0.4) is 0 Å². The molecule has 0 fully saturated rings. The van der Waals surface area contributed by atoms with Crippen LogP contribution in [0.4, 0.5) is 5.69 Å². The van der Waals surface area contributed by atoms with E-state index >= 15 is 0 Å². The first-order valence-corrected chi connectivity index (χ1v) is 9.25. The number of aliphatic hydroxyl groups excluding tert-OH is 1. The molecule has 0 bridgehead atoms. The van der Waals surface area contributed by atoms with Crippen molar-refractivity contribution in [2.24, 2.45) is 0 Å². The van der Waals surface area contributed by atoms with Gasteiger partial charge in [0.15, 0.2) is 6.61 Å². The topological polar surface area (TPSA) is 71.7 Å². The molecule has 0 saturated carbocycles. The summed E-state index contributed by atoms with van der Waals surface area (Å²) in [5.74, 6) is 1.34. The minimum Gasteiger partial charge on any atom is -0.482 e. The summed E-state index contributed by atoms with van der Waals surface area (Å²) < 4.78 is 11.2. The first-order valence-electron chi connectivity index (χ1n) is 8.87. The van der Waals surface area contributed by atoms with Crippen molar-refractivity contribution in [2.75, 3.05) is 11.9 Å². The van der Waals surface area contributed by atoms with Crippen molar-refractivity contribution >= 4 is 23.2 Å². The predicted octanol–water partition coefficient (Wildman–Crippen LogP) is 5.04. The highest BCUT2D eigenvalue weighted by Gasteiger charge is 2.12. The third kappa shape index (κ3) is 4.55. The Morgan fingerprint density at radius 2 is 1.89 bits per heavy atom. The van der Waals surface area contributed by atoms with Crippen LogP contribution >= 0.6 is 11.6 Å². The number of hydrogen-bond donors (Lipinski definition) is 2. The van der Waals surface area contributed by atoms with Gasteiger partial charge in [-0.2, -0.15) is 0 Å². The van der Waals surface area contributed by atoms with E-state index in [0.29, 0.717) is 28.0 Å². The predicted molar refractivity (Wildman–Crippen MR) is 110 cm³/mol. The summed E-state index contributed by atoms with van der Waals surface area (Å²) in [6.45, 7) is 5.44. The van der Waals surface area contributed by atoms with Gasteiger partial charge in [-0.05, 0) is 61.7 Å². The van der Waals surface area contributed by atoms with E-state index in [9.17, 15) is 4.79 Å². The zero-order valence-corrected chi connectivity index (χ0v) is 16.8. The summed E-state index contributed by atoms with van der Waals surface area (Å²) >= 11 is 6.22. The Kier molecular flexibility index (Phi) is 6.07. The van der Waals surface area contributed by atoms with Crippen LogP contribution in [0.5, 0.6) is 5.75 Å². The molecule has 0 aliphatic carbocycles. The Labute approximate surface area is 168 Å². The molecule has 1 aromatic heterocycles. The third-order valence-electron chi connectivity index (χ3n) is 4.33. The van der Waals surface area contributed by atoms with Crippen LogP contribution in [-0.4, -0.2) is 17.6 Å². The van der Waals surface area contributed by atoms with Crippen molar-refractivity contribution in [3.05, 3.63) is 69.9 Å². The molecule has 6 heteroatoms. The van der Waals surface area contributed by atoms with Crippen LogP contribution in [-0.2, 0) is 11.4 Å². The van der Waals surface area contributed by atoms with Gasteiger partial charge in [0.1, 0.15) is 23.9 Å². The summed E-state index contributed by atoms with van der Waals surface area (Å²) in [5.41, 5.74) is 4.30. The van der Waals surface area contributed by atoms with Gasteiger partial charge in [-0.25, -0.2) is 0 Å². The molecular weight excluding hydrogens is 378 g/mol. The summed E-state index contributed by atoms with van der Waals surface area (Å²) in [5, 5.41) is 12.5. The lowest BCUT2D eigenvalue weighted by Crippen LogP contribution is -2.21. The maximum absolute atomic E-state index is 12.4. The number of aryl methyl sites for hydroxylation is 3. The Morgan fingerprint density at radius 3 is 2.57 bits per heavy atom. The molecule has 0 unspecified atom stereocenters. The summed E-state index contributed by atoms with van der Waals surface area (Å²) in [7, 11) is 0. The van der Waals surface area contributed by atoms with E-state index < -0.39 is 0 Å². The fourth-order valence-electron chi connectivity index (χ4n) is 2.94. The normalized spacial score (nSPS) is 10.8. The number of aliphatic hydroxyl groups is 1. The van der Waals surface area contributed by atoms with Crippen LogP contribution in [0.1, 0.15) is 22.5 Å². The molecule has 0 aliphatic heterocycles.